The SMILES string of the molecule is C=C/C=C\N(C)c1cc2c(n3cnnc13)NCc1c(C)ccc(c1C)OCCCO2. The van der Waals surface area contributed by atoms with Gasteiger partial charge in [-0.05, 0) is 42.7 Å². The lowest BCUT2D eigenvalue weighted by atomic mass is 10.0. The molecule has 0 radical (unpaired) electrons. The Labute approximate surface area is 176 Å². The highest BCUT2D eigenvalue weighted by atomic mass is 16.5. The van der Waals surface area contributed by atoms with Crippen molar-refractivity contribution < 1.29 is 9.47 Å². The predicted octanol–water partition coefficient (Wildman–Crippen LogP) is 4.26. The number of aryl methyl sites for hydroxylation is 1. The second kappa shape index (κ2) is 8.49. The van der Waals surface area contributed by atoms with Crippen LogP contribution in [0.3, 0.4) is 0 Å². The molecule has 0 amide bonds. The second-order valence-corrected chi connectivity index (χ2v) is 7.34. The summed E-state index contributed by atoms with van der Waals surface area (Å²) in [5.74, 6) is 2.52. The van der Waals surface area contributed by atoms with Gasteiger partial charge in [-0.25, -0.2) is 0 Å². The lowest BCUT2D eigenvalue weighted by Crippen LogP contribution is -2.15. The van der Waals surface area contributed by atoms with Gasteiger partial charge in [0.1, 0.15) is 12.1 Å². The summed E-state index contributed by atoms with van der Waals surface area (Å²) < 4.78 is 14.1. The van der Waals surface area contributed by atoms with Crippen molar-refractivity contribution in [1.82, 2.24) is 14.6 Å². The van der Waals surface area contributed by atoms with Gasteiger partial charge in [-0.1, -0.05) is 18.7 Å². The Morgan fingerprint density at radius 2 is 2.00 bits per heavy atom. The summed E-state index contributed by atoms with van der Waals surface area (Å²) in [6.45, 7) is 9.77. The molecule has 3 heterocycles. The van der Waals surface area contributed by atoms with Gasteiger partial charge in [0.2, 0.25) is 0 Å². The molecule has 0 atom stereocenters. The largest absolute Gasteiger partial charge is 0.493 e. The van der Waals surface area contributed by atoms with E-state index in [2.05, 4.69) is 42.0 Å². The third kappa shape index (κ3) is 3.70. The maximum absolute atomic E-state index is 6.17. The van der Waals surface area contributed by atoms with E-state index >= 15 is 0 Å². The van der Waals surface area contributed by atoms with E-state index in [0.29, 0.717) is 19.8 Å². The van der Waals surface area contributed by atoms with Gasteiger partial charge < -0.3 is 19.7 Å². The summed E-state index contributed by atoms with van der Waals surface area (Å²) in [7, 11) is 1.96. The van der Waals surface area contributed by atoms with Crippen molar-refractivity contribution in [3.63, 3.8) is 0 Å². The first kappa shape index (κ1) is 19.8. The molecule has 7 nitrogen and oxygen atoms in total. The zero-order chi connectivity index (χ0) is 21.1. The van der Waals surface area contributed by atoms with E-state index in [1.165, 1.54) is 11.1 Å². The van der Waals surface area contributed by atoms with Crippen LogP contribution < -0.4 is 19.7 Å². The zero-order valence-corrected chi connectivity index (χ0v) is 17.7. The molecule has 30 heavy (non-hydrogen) atoms. The molecule has 0 fully saturated rings. The first-order valence-electron chi connectivity index (χ1n) is 10.1. The number of benzene rings is 1. The average molecular weight is 406 g/mol. The van der Waals surface area contributed by atoms with E-state index in [9.17, 15) is 0 Å². The van der Waals surface area contributed by atoms with Gasteiger partial charge in [0.15, 0.2) is 17.2 Å². The normalized spacial score (nSPS) is 14.1. The van der Waals surface area contributed by atoms with Crippen LogP contribution >= 0.6 is 0 Å². The minimum Gasteiger partial charge on any atom is -0.493 e. The van der Waals surface area contributed by atoms with Crippen molar-refractivity contribution in [2.24, 2.45) is 0 Å². The van der Waals surface area contributed by atoms with Crippen molar-refractivity contribution in [2.75, 3.05) is 30.5 Å². The van der Waals surface area contributed by atoms with E-state index < -0.39 is 0 Å². The maximum atomic E-state index is 6.17. The second-order valence-electron chi connectivity index (χ2n) is 7.34. The van der Waals surface area contributed by atoms with Gasteiger partial charge in [-0.15, -0.1) is 10.2 Å². The van der Waals surface area contributed by atoms with Crippen molar-refractivity contribution in [3.8, 4) is 11.5 Å². The number of allylic oxidation sites excluding steroid dienone is 2. The molecule has 2 bridgehead atoms. The quantitative estimate of drug-likeness (QED) is 0.657. The lowest BCUT2D eigenvalue weighted by Gasteiger charge is -2.22. The van der Waals surface area contributed by atoms with Crippen molar-refractivity contribution in [1.29, 1.82) is 0 Å². The maximum Gasteiger partial charge on any atom is 0.186 e. The minimum atomic E-state index is 0.547. The van der Waals surface area contributed by atoms with E-state index in [1.54, 1.807) is 12.4 Å². The van der Waals surface area contributed by atoms with E-state index in [1.807, 2.05) is 40.8 Å². The molecule has 1 aliphatic rings. The molecule has 3 aromatic rings. The van der Waals surface area contributed by atoms with Gasteiger partial charge in [0.25, 0.3) is 0 Å². The molecular formula is C23H27N5O2. The highest BCUT2D eigenvalue weighted by Gasteiger charge is 2.18. The molecule has 0 spiro atoms. The van der Waals surface area contributed by atoms with Gasteiger partial charge in [0, 0.05) is 32.3 Å². The summed E-state index contributed by atoms with van der Waals surface area (Å²) in [5, 5.41) is 12.0. The molecule has 0 saturated heterocycles. The third-order valence-electron chi connectivity index (χ3n) is 5.36. The van der Waals surface area contributed by atoms with Crippen LogP contribution in [-0.2, 0) is 6.54 Å². The Morgan fingerprint density at radius 1 is 1.20 bits per heavy atom. The molecule has 1 N–H and O–H groups in total. The first-order valence-corrected chi connectivity index (χ1v) is 10.1. The number of aromatic nitrogens is 3. The Balaban J connectivity index is 1.81. The van der Waals surface area contributed by atoms with Gasteiger partial charge in [-0.3, -0.25) is 4.40 Å². The molecule has 4 rings (SSSR count). The third-order valence-corrected chi connectivity index (χ3v) is 5.36. The predicted molar refractivity (Wildman–Crippen MR) is 120 cm³/mol. The van der Waals surface area contributed by atoms with Crippen LogP contribution in [0.25, 0.3) is 5.65 Å². The summed E-state index contributed by atoms with van der Waals surface area (Å²) in [6, 6.07) is 6.16. The van der Waals surface area contributed by atoms with E-state index in [4.69, 9.17) is 9.47 Å². The lowest BCUT2D eigenvalue weighted by molar-refractivity contribution is 0.246. The molecule has 2 aromatic heterocycles. The van der Waals surface area contributed by atoms with Crippen LogP contribution in [0.2, 0.25) is 0 Å². The molecule has 7 heteroatoms. The average Bonchev–Trinajstić information content (AvgIpc) is 3.22. The molecular weight excluding hydrogens is 378 g/mol. The Morgan fingerprint density at radius 3 is 2.80 bits per heavy atom. The van der Waals surface area contributed by atoms with Crippen LogP contribution in [0.4, 0.5) is 11.5 Å². The highest BCUT2D eigenvalue weighted by molar-refractivity contribution is 5.76. The minimum absolute atomic E-state index is 0.547. The topological polar surface area (TPSA) is 63.9 Å². The van der Waals surface area contributed by atoms with Gasteiger partial charge >= 0.3 is 0 Å². The molecule has 0 unspecified atom stereocenters. The van der Waals surface area contributed by atoms with Crippen molar-refractivity contribution in [3.05, 3.63) is 66.1 Å². The van der Waals surface area contributed by atoms with Gasteiger partial charge in [0.05, 0.1) is 18.9 Å². The number of hydrogen-bond donors (Lipinski definition) is 1. The molecule has 156 valence electrons. The summed E-state index contributed by atoms with van der Waals surface area (Å²) >= 11 is 0. The van der Waals surface area contributed by atoms with Crippen molar-refractivity contribution >= 4 is 17.2 Å². The smallest absolute Gasteiger partial charge is 0.186 e. The number of nitrogens with one attached hydrogen (secondary N) is 1. The fraction of sp³-hybridized carbons (Fsp3) is 0.304. The monoisotopic (exact) mass is 405 g/mol. The van der Waals surface area contributed by atoms with E-state index in [0.717, 1.165) is 40.6 Å². The van der Waals surface area contributed by atoms with E-state index in [-0.39, 0.29) is 0 Å². The Kier molecular flexibility index (Phi) is 5.61. The number of hydrogen-bond acceptors (Lipinski definition) is 6. The highest BCUT2D eigenvalue weighted by Crippen LogP contribution is 2.35. The van der Waals surface area contributed by atoms with Crippen LogP contribution in [0.15, 0.2) is 49.5 Å². The molecule has 0 aliphatic carbocycles. The number of fused-ring (bicyclic) bond motifs is 5. The summed E-state index contributed by atoms with van der Waals surface area (Å²) in [5.41, 5.74) is 5.24. The number of rotatable bonds is 3. The summed E-state index contributed by atoms with van der Waals surface area (Å²) in [4.78, 5) is 1.98. The number of nitrogens with zero attached hydrogens (tertiary/aromatic N) is 4. The fourth-order valence-electron chi connectivity index (χ4n) is 3.66. The molecule has 0 saturated carbocycles. The number of pyridine rings is 1. The Bertz CT molecular complexity index is 1100. The van der Waals surface area contributed by atoms with Gasteiger partial charge in [-0.2, -0.15) is 0 Å². The van der Waals surface area contributed by atoms with Crippen LogP contribution in [-0.4, -0.2) is 34.9 Å². The number of anilines is 2. The summed E-state index contributed by atoms with van der Waals surface area (Å²) in [6.07, 6.45) is 8.04. The number of ether oxygens (including phenoxy) is 2. The van der Waals surface area contributed by atoms with Crippen LogP contribution in [0.1, 0.15) is 23.1 Å². The molecule has 1 aromatic carbocycles. The van der Waals surface area contributed by atoms with Crippen molar-refractivity contribution in [2.45, 2.75) is 26.8 Å². The standard InChI is InChI=1S/C23H27N5O2/c1-5-6-10-27(4)19-13-21-23(28-15-25-26-22(19)28)24-14-18-16(2)8-9-20(17(18)3)29-11-7-12-30-21/h5-6,8-10,13,15,24H,1,7,11-12,14H2,2-4H3/b10-6-. The van der Waals surface area contributed by atoms with Crippen LogP contribution in [0.5, 0.6) is 11.5 Å². The molecule has 1 aliphatic heterocycles. The van der Waals surface area contributed by atoms with Crippen LogP contribution in [0, 0.1) is 13.8 Å². The fourth-order valence-corrected chi connectivity index (χ4v) is 3.66. The zero-order valence-electron chi connectivity index (χ0n) is 17.7. The Hall–Kier alpha value is -3.48. The first-order chi connectivity index (χ1) is 14.6.